The molecule has 0 atom stereocenters. The van der Waals surface area contributed by atoms with Crippen LogP contribution in [0.1, 0.15) is 39.5 Å². The van der Waals surface area contributed by atoms with E-state index in [9.17, 15) is 4.79 Å². The predicted octanol–water partition coefficient (Wildman–Crippen LogP) is 0.646. The molecule has 3 N–H and O–H groups in total. The van der Waals surface area contributed by atoms with Gasteiger partial charge in [0.05, 0.1) is 6.54 Å². The number of piperidine rings is 1. The van der Waals surface area contributed by atoms with Crippen LogP contribution in [0.4, 0.5) is 0 Å². The molecule has 0 spiro atoms. The Morgan fingerprint density at radius 2 is 2.00 bits per heavy atom. The lowest BCUT2D eigenvalue weighted by Crippen LogP contribution is -2.44. The van der Waals surface area contributed by atoms with Crippen molar-refractivity contribution in [3.63, 3.8) is 0 Å². The minimum absolute atomic E-state index is 0.151. The summed E-state index contributed by atoms with van der Waals surface area (Å²) in [5.41, 5.74) is 5.86. The van der Waals surface area contributed by atoms with Crippen molar-refractivity contribution in [1.29, 1.82) is 0 Å². The summed E-state index contributed by atoms with van der Waals surface area (Å²) in [5, 5.41) is 3.01. The SMILES string of the molecule is CC(C)N(C)CCCCNC(=O)CN1CCC(N)CC1. The Morgan fingerprint density at radius 3 is 2.60 bits per heavy atom. The Morgan fingerprint density at radius 1 is 1.35 bits per heavy atom. The average molecular weight is 284 g/mol. The van der Waals surface area contributed by atoms with Crippen LogP contribution in [0.3, 0.4) is 0 Å². The number of carbonyl (C=O) groups is 1. The number of hydrogen-bond acceptors (Lipinski definition) is 4. The highest BCUT2D eigenvalue weighted by Gasteiger charge is 2.17. The standard InChI is InChI=1S/C15H32N4O/c1-13(2)18(3)9-5-4-8-17-15(20)12-19-10-6-14(16)7-11-19/h13-14H,4-12,16H2,1-3H3,(H,17,20). The van der Waals surface area contributed by atoms with Gasteiger partial charge in [0.15, 0.2) is 0 Å². The quantitative estimate of drug-likeness (QED) is 0.642. The molecule has 0 radical (unpaired) electrons. The van der Waals surface area contributed by atoms with Gasteiger partial charge in [0.25, 0.3) is 0 Å². The van der Waals surface area contributed by atoms with Gasteiger partial charge in [-0.2, -0.15) is 0 Å². The zero-order valence-electron chi connectivity index (χ0n) is 13.4. The van der Waals surface area contributed by atoms with E-state index in [-0.39, 0.29) is 5.91 Å². The van der Waals surface area contributed by atoms with Crippen molar-refractivity contribution in [3.05, 3.63) is 0 Å². The van der Waals surface area contributed by atoms with Gasteiger partial charge in [-0.15, -0.1) is 0 Å². The maximum Gasteiger partial charge on any atom is 0.234 e. The third-order valence-electron chi connectivity index (χ3n) is 4.14. The molecule has 20 heavy (non-hydrogen) atoms. The van der Waals surface area contributed by atoms with Crippen LogP contribution in [0.2, 0.25) is 0 Å². The molecule has 0 aliphatic carbocycles. The number of nitrogens with zero attached hydrogens (tertiary/aromatic N) is 2. The fraction of sp³-hybridized carbons (Fsp3) is 0.933. The first-order valence-electron chi connectivity index (χ1n) is 7.94. The van der Waals surface area contributed by atoms with E-state index in [4.69, 9.17) is 5.73 Å². The molecule has 1 rings (SSSR count). The van der Waals surface area contributed by atoms with Crippen molar-refractivity contribution in [2.45, 2.75) is 51.6 Å². The monoisotopic (exact) mass is 284 g/mol. The zero-order valence-corrected chi connectivity index (χ0v) is 13.4. The number of amides is 1. The number of unbranched alkanes of at least 4 members (excludes halogenated alkanes) is 1. The van der Waals surface area contributed by atoms with E-state index in [1.807, 2.05) is 0 Å². The van der Waals surface area contributed by atoms with Crippen LogP contribution in [0.15, 0.2) is 0 Å². The minimum atomic E-state index is 0.151. The van der Waals surface area contributed by atoms with Crippen molar-refractivity contribution >= 4 is 5.91 Å². The summed E-state index contributed by atoms with van der Waals surface area (Å²) in [5.74, 6) is 0.151. The first-order chi connectivity index (χ1) is 9.49. The summed E-state index contributed by atoms with van der Waals surface area (Å²) >= 11 is 0. The molecule has 0 aromatic carbocycles. The number of carbonyl (C=O) groups excluding carboxylic acids is 1. The van der Waals surface area contributed by atoms with E-state index in [2.05, 4.69) is 36.0 Å². The van der Waals surface area contributed by atoms with Gasteiger partial charge in [-0.1, -0.05) is 0 Å². The predicted molar refractivity (Wildman–Crippen MR) is 83.7 cm³/mol. The lowest BCUT2D eigenvalue weighted by molar-refractivity contribution is -0.122. The van der Waals surface area contributed by atoms with E-state index in [1.54, 1.807) is 0 Å². The second-order valence-electron chi connectivity index (χ2n) is 6.24. The zero-order chi connectivity index (χ0) is 15.0. The van der Waals surface area contributed by atoms with Crippen LogP contribution in [0, 0.1) is 0 Å². The fourth-order valence-electron chi connectivity index (χ4n) is 2.34. The molecule has 1 aliphatic heterocycles. The van der Waals surface area contributed by atoms with Gasteiger partial charge in [-0.25, -0.2) is 0 Å². The molecule has 0 unspecified atom stereocenters. The molecule has 1 aliphatic rings. The third-order valence-corrected chi connectivity index (χ3v) is 4.14. The van der Waals surface area contributed by atoms with Crippen LogP contribution >= 0.6 is 0 Å². The molecule has 1 saturated heterocycles. The van der Waals surface area contributed by atoms with Crippen molar-refractivity contribution < 1.29 is 4.79 Å². The number of nitrogens with one attached hydrogen (secondary N) is 1. The summed E-state index contributed by atoms with van der Waals surface area (Å²) in [4.78, 5) is 16.3. The molecule has 1 amide bonds. The number of nitrogens with two attached hydrogens (primary N) is 1. The topological polar surface area (TPSA) is 61.6 Å². The van der Waals surface area contributed by atoms with Crippen LogP contribution in [-0.4, -0.2) is 67.6 Å². The second kappa shape index (κ2) is 9.32. The normalized spacial score (nSPS) is 17.9. The maximum absolute atomic E-state index is 11.8. The first-order valence-corrected chi connectivity index (χ1v) is 7.94. The minimum Gasteiger partial charge on any atom is -0.355 e. The molecule has 5 nitrogen and oxygen atoms in total. The van der Waals surface area contributed by atoms with Crippen LogP contribution in [0.25, 0.3) is 0 Å². The van der Waals surface area contributed by atoms with Crippen LogP contribution in [-0.2, 0) is 4.79 Å². The van der Waals surface area contributed by atoms with Gasteiger partial charge >= 0.3 is 0 Å². The van der Waals surface area contributed by atoms with Gasteiger partial charge in [0, 0.05) is 31.7 Å². The molecule has 118 valence electrons. The highest BCUT2D eigenvalue weighted by Crippen LogP contribution is 2.07. The van der Waals surface area contributed by atoms with Crippen LogP contribution < -0.4 is 11.1 Å². The smallest absolute Gasteiger partial charge is 0.234 e. The van der Waals surface area contributed by atoms with E-state index < -0.39 is 0 Å². The molecule has 1 fully saturated rings. The van der Waals surface area contributed by atoms with E-state index >= 15 is 0 Å². The average Bonchev–Trinajstić information content (AvgIpc) is 2.40. The van der Waals surface area contributed by atoms with Gasteiger partial charge in [-0.05, 0) is 53.1 Å². The second-order valence-corrected chi connectivity index (χ2v) is 6.24. The molecule has 0 aromatic heterocycles. The van der Waals surface area contributed by atoms with E-state index in [0.717, 1.165) is 51.9 Å². The lowest BCUT2D eigenvalue weighted by atomic mass is 10.1. The first kappa shape index (κ1) is 17.4. The van der Waals surface area contributed by atoms with Gasteiger partial charge in [0.1, 0.15) is 0 Å². The van der Waals surface area contributed by atoms with Crippen LogP contribution in [0.5, 0.6) is 0 Å². The van der Waals surface area contributed by atoms with Gasteiger partial charge in [0.2, 0.25) is 5.91 Å². The number of rotatable bonds is 8. The van der Waals surface area contributed by atoms with Gasteiger partial charge in [-0.3, -0.25) is 9.69 Å². The molecule has 1 heterocycles. The molecule has 5 heteroatoms. The van der Waals surface area contributed by atoms with Crippen molar-refractivity contribution in [2.75, 3.05) is 39.8 Å². The Hall–Kier alpha value is -0.650. The summed E-state index contributed by atoms with van der Waals surface area (Å²) in [6, 6.07) is 0.919. The van der Waals surface area contributed by atoms with E-state index in [1.165, 1.54) is 0 Å². The highest BCUT2D eigenvalue weighted by molar-refractivity contribution is 5.77. The Bertz CT molecular complexity index is 275. The third kappa shape index (κ3) is 7.22. The van der Waals surface area contributed by atoms with E-state index in [0.29, 0.717) is 18.6 Å². The number of hydrogen-bond donors (Lipinski definition) is 2. The Balaban J connectivity index is 2.00. The fourth-order valence-corrected chi connectivity index (χ4v) is 2.34. The van der Waals surface area contributed by atoms with Crippen molar-refractivity contribution in [2.24, 2.45) is 5.73 Å². The van der Waals surface area contributed by atoms with Crippen molar-refractivity contribution in [1.82, 2.24) is 15.1 Å². The van der Waals surface area contributed by atoms with Gasteiger partial charge < -0.3 is 16.0 Å². The molecular formula is C15H32N4O. The summed E-state index contributed by atoms with van der Waals surface area (Å²) in [7, 11) is 2.14. The highest BCUT2D eigenvalue weighted by atomic mass is 16.2. The molecule has 0 aromatic rings. The lowest BCUT2D eigenvalue weighted by Gasteiger charge is -2.29. The summed E-state index contributed by atoms with van der Waals surface area (Å²) in [6.45, 7) is 8.72. The molecule has 0 bridgehead atoms. The Labute approximate surface area is 123 Å². The maximum atomic E-state index is 11.8. The number of likely N-dealkylation sites (tertiary alicyclic amines) is 1. The largest absolute Gasteiger partial charge is 0.355 e. The summed E-state index contributed by atoms with van der Waals surface area (Å²) in [6.07, 6.45) is 4.20. The molecular weight excluding hydrogens is 252 g/mol. The molecule has 0 saturated carbocycles. The van der Waals surface area contributed by atoms with Crippen molar-refractivity contribution in [3.8, 4) is 0 Å². The summed E-state index contributed by atoms with van der Waals surface area (Å²) < 4.78 is 0. The Kier molecular flexibility index (Phi) is 8.11.